The Bertz CT molecular complexity index is 1550. The molecule has 1 saturated heterocycles. The second kappa shape index (κ2) is 13.0. The molecule has 2 aliphatic rings. The number of rotatable bonds is 9. The number of benzene rings is 3. The van der Waals surface area contributed by atoms with E-state index in [1.165, 1.54) is 13.2 Å². The van der Waals surface area contributed by atoms with Gasteiger partial charge in [-0.15, -0.1) is 0 Å². The molecule has 0 saturated carbocycles. The van der Waals surface area contributed by atoms with Crippen molar-refractivity contribution < 1.29 is 27.5 Å². The molecule has 222 valence electrons. The predicted molar refractivity (Wildman–Crippen MR) is 161 cm³/mol. The second-order valence-electron chi connectivity index (χ2n) is 10.6. The number of ether oxygens (including phenoxy) is 2. The zero-order valence-corrected chi connectivity index (χ0v) is 24.8. The summed E-state index contributed by atoms with van der Waals surface area (Å²) in [6.45, 7) is 3.13. The van der Waals surface area contributed by atoms with Crippen LogP contribution in [0.4, 0.5) is 11.4 Å². The second-order valence-corrected chi connectivity index (χ2v) is 12.3. The van der Waals surface area contributed by atoms with Gasteiger partial charge in [-0.2, -0.15) is 0 Å². The number of esters is 1. The first-order valence-electron chi connectivity index (χ1n) is 14.4. The molecule has 0 unspecified atom stereocenters. The number of piperidine rings is 1. The highest BCUT2D eigenvalue weighted by atomic mass is 32.2. The Morgan fingerprint density at radius 2 is 1.71 bits per heavy atom. The molecule has 3 aromatic carbocycles. The molecule has 1 fully saturated rings. The van der Waals surface area contributed by atoms with E-state index in [1.54, 1.807) is 43.3 Å². The lowest BCUT2D eigenvalue weighted by molar-refractivity contribution is -0.148. The maximum atomic E-state index is 14.1. The average molecular weight is 592 g/mol. The van der Waals surface area contributed by atoms with Crippen LogP contribution in [0, 0.1) is 5.92 Å². The Labute approximate surface area is 247 Å². The molecule has 1 amide bonds. The standard InChI is InChI=1S/C32H37N3O6S/c1-3-41-32(37)23-17-19-35(20-18-23)28-16-15-24(33-31(36)26-12-6-7-14-29(26)40-2)21-30(28)42(38,39)34-27-13-8-10-22-9-4-5-11-25(22)27/h4-7,9,11-12,14-16,21,23,27,34H,3,8,10,13,17-20H2,1-2H3,(H,33,36)/t27-/m0/s1. The molecule has 0 radical (unpaired) electrons. The van der Waals surface area contributed by atoms with Crippen molar-refractivity contribution in [2.45, 2.75) is 50.0 Å². The number of fused-ring (bicyclic) bond motifs is 1. The van der Waals surface area contributed by atoms with E-state index < -0.39 is 15.9 Å². The van der Waals surface area contributed by atoms with Crippen molar-refractivity contribution >= 4 is 33.3 Å². The summed E-state index contributed by atoms with van der Waals surface area (Å²) in [4.78, 5) is 27.5. The number of carbonyl (C=O) groups is 2. The molecular formula is C32H37N3O6S. The number of methoxy groups -OCH3 is 1. The van der Waals surface area contributed by atoms with Crippen LogP contribution in [0.15, 0.2) is 71.6 Å². The van der Waals surface area contributed by atoms with E-state index in [9.17, 15) is 18.0 Å². The quantitative estimate of drug-likeness (QED) is 0.334. The molecule has 9 nitrogen and oxygen atoms in total. The van der Waals surface area contributed by atoms with Gasteiger partial charge < -0.3 is 19.7 Å². The maximum Gasteiger partial charge on any atom is 0.309 e. The number of nitrogens with one attached hydrogen (secondary N) is 2. The minimum absolute atomic E-state index is 0.0814. The van der Waals surface area contributed by atoms with E-state index in [0.717, 1.165) is 24.0 Å². The number of nitrogens with zero attached hydrogens (tertiary/aromatic N) is 1. The fourth-order valence-electron chi connectivity index (χ4n) is 5.84. The van der Waals surface area contributed by atoms with Gasteiger partial charge in [0.1, 0.15) is 10.6 Å². The van der Waals surface area contributed by atoms with Crippen molar-refractivity contribution in [3.8, 4) is 5.75 Å². The van der Waals surface area contributed by atoms with E-state index in [0.29, 0.717) is 61.6 Å². The summed E-state index contributed by atoms with van der Waals surface area (Å²) in [7, 11) is -2.52. The number of hydrogen-bond donors (Lipinski definition) is 2. The van der Waals surface area contributed by atoms with Crippen LogP contribution in [0.1, 0.15) is 60.1 Å². The normalized spacial score (nSPS) is 17.3. The zero-order valence-electron chi connectivity index (χ0n) is 24.0. The molecule has 42 heavy (non-hydrogen) atoms. The number of amides is 1. The third-order valence-corrected chi connectivity index (χ3v) is 9.48. The van der Waals surface area contributed by atoms with Gasteiger partial charge in [-0.3, -0.25) is 9.59 Å². The first-order chi connectivity index (χ1) is 20.3. The Kier molecular flexibility index (Phi) is 9.13. The van der Waals surface area contributed by atoms with Gasteiger partial charge in [0.05, 0.1) is 30.9 Å². The third-order valence-electron chi connectivity index (χ3n) is 7.98. The van der Waals surface area contributed by atoms with Crippen LogP contribution < -0.4 is 19.7 Å². The lowest BCUT2D eigenvalue weighted by Crippen LogP contribution is -2.38. The lowest BCUT2D eigenvalue weighted by atomic mass is 9.88. The Morgan fingerprint density at radius 3 is 2.48 bits per heavy atom. The van der Waals surface area contributed by atoms with Gasteiger partial charge in [-0.05, 0) is 80.5 Å². The molecule has 1 atom stereocenters. The van der Waals surface area contributed by atoms with Gasteiger partial charge >= 0.3 is 5.97 Å². The minimum atomic E-state index is -4.02. The summed E-state index contributed by atoms with van der Waals surface area (Å²) in [6.07, 6.45) is 3.62. The topological polar surface area (TPSA) is 114 Å². The molecule has 2 N–H and O–H groups in total. The SMILES string of the molecule is CCOC(=O)C1CCN(c2ccc(NC(=O)c3ccccc3OC)cc2S(=O)(=O)N[C@H]2CCCc3ccccc32)CC1. The van der Waals surface area contributed by atoms with E-state index in [4.69, 9.17) is 9.47 Å². The van der Waals surface area contributed by atoms with Crippen molar-refractivity contribution in [3.05, 3.63) is 83.4 Å². The smallest absolute Gasteiger partial charge is 0.309 e. The highest BCUT2D eigenvalue weighted by Gasteiger charge is 2.32. The number of hydrogen-bond acceptors (Lipinski definition) is 7. The van der Waals surface area contributed by atoms with E-state index in [1.807, 2.05) is 29.2 Å². The molecule has 3 aromatic rings. The number of sulfonamides is 1. The van der Waals surface area contributed by atoms with Gasteiger partial charge in [-0.1, -0.05) is 36.4 Å². The highest BCUT2D eigenvalue weighted by molar-refractivity contribution is 7.89. The summed E-state index contributed by atoms with van der Waals surface area (Å²) in [5.74, 6) is -0.413. The van der Waals surface area contributed by atoms with Crippen LogP contribution in [0.3, 0.4) is 0 Å². The van der Waals surface area contributed by atoms with Crippen LogP contribution in [-0.2, 0) is 26.0 Å². The van der Waals surface area contributed by atoms with Crippen molar-refractivity contribution in [2.24, 2.45) is 5.92 Å². The summed E-state index contributed by atoms with van der Waals surface area (Å²) >= 11 is 0. The van der Waals surface area contributed by atoms with Crippen LogP contribution in [0.2, 0.25) is 0 Å². The fourth-order valence-corrected chi connectivity index (χ4v) is 7.34. The third kappa shape index (κ3) is 6.44. The molecule has 1 aliphatic carbocycles. The fraction of sp³-hybridized carbons (Fsp3) is 0.375. The van der Waals surface area contributed by atoms with E-state index in [-0.39, 0.29) is 22.8 Å². The first kappa shape index (κ1) is 29.6. The predicted octanol–water partition coefficient (Wildman–Crippen LogP) is 5.08. The summed E-state index contributed by atoms with van der Waals surface area (Å²) in [5, 5.41) is 2.84. The molecule has 0 bridgehead atoms. The zero-order chi connectivity index (χ0) is 29.7. The van der Waals surface area contributed by atoms with Crippen LogP contribution >= 0.6 is 0 Å². The summed E-state index contributed by atoms with van der Waals surface area (Å²) in [5.41, 5.74) is 3.36. The lowest BCUT2D eigenvalue weighted by Gasteiger charge is -2.34. The number of carbonyl (C=O) groups excluding carboxylic acids is 2. The number of aryl methyl sites for hydroxylation is 1. The highest BCUT2D eigenvalue weighted by Crippen LogP contribution is 2.35. The van der Waals surface area contributed by atoms with Crippen molar-refractivity contribution in [3.63, 3.8) is 0 Å². The van der Waals surface area contributed by atoms with E-state index in [2.05, 4.69) is 10.0 Å². The van der Waals surface area contributed by atoms with Gasteiger partial charge in [0.15, 0.2) is 0 Å². The van der Waals surface area contributed by atoms with Gasteiger partial charge in [0, 0.05) is 24.8 Å². The molecule has 0 spiro atoms. The van der Waals surface area contributed by atoms with Crippen molar-refractivity contribution in [2.75, 3.05) is 37.0 Å². The molecule has 1 aliphatic heterocycles. The number of para-hydroxylation sites is 1. The summed E-state index contributed by atoms with van der Waals surface area (Å²) < 4.78 is 41.7. The van der Waals surface area contributed by atoms with Crippen LogP contribution in [0.25, 0.3) is 0 Å². The average Bonchev–Trinajstić information content (AvgIpc) is 3.01. The first-order valence-corrected chi connectivity index (χ1v) is 15.9. The number of anilines is 2. The van der Waals surface area contributed by atoms with Gasteiger partial charge in [-0.25, -0.2) is 13.1 Å². The maximum absolute atomic E-state index is 14.1. The molecule has 5 rings (SSSR count). The largest absolute Gasteiger partial charge is 0.496 e. The molecule has 1 heterocycles. The Balaban J connectivity index is 1.46. The minimum Gasteiger partial charge on any atom is -0.496 e. The Morgan fingerprint density at radius 1 is 0.976 bits per heavy atom. The van der Waals surface area contributed by atoms with Gasteiger partial charge in [0.25, 0.3) is 5.91 Å². The van der Waals surface area contributed by atoms with E-state index >= 15 is 0 Å². The van der Waals surface area contributed by atoms with Gasteiger partial charge in [0.2, 0.25) is 10.0 Å². The summed E-state index contributed by atoms with van der Waals surface area (Å²) in [6, 6.07) is 19.4. The van der Waals surface area contributed by atoms with Crippen molar-refractivity contribution in [1.29, 1.82) is 0 Å². The molecule has 10 heteroatoms. The molecular weight excluding hydrogens is 554 g/mol. The van der Waals surface area contributed by atoms with Crippen LogP contribution in [-0.4, -0.2) is 47.1 Å². The molecule has 0 aromatic heterocycles. The van der Waals surface area contributed by atoms with Crippen molar-refractivity contribution in [1.82, 2.24) is 4.72 Å². The van der Waals surface area contributed by atoms with Crippen LogP contribution in [0.5, 0.6) is 5.75 Å². The Hall–Kier alpha value is -3.89. The monoisotopic (exact) mass is 591 g/mol.